The summed E-state index contributed by atoms with van der Waals surface area (Å²) in [5.74, 6) is 0.363. The van der Waals surface area contributed by atoms with Crippen LogP contribution in [0, 0.1) is 4.91 Å². The van der Waals surface area contributed by atoms with Crippen molar-refractivity contribution in [3.8, 4) is 0 Å². The van der Waals surface area contributed by atoms with Gasteiger partial charge in [0.25, 0.3) is 0 Å². The molecule has 0 bridgehead atoms. The SMILES string of the molecule is O=NC1CCCCC1c1ccccc1. The van der Waals surface area contributed by atoms with Crippen molar-refractivity contribution in [1.29, 1.82) is 0 Å². The van der Waals surface area contributed by atoms with Gasteiger partial charge in [0, 0.05) is 5.92 Å². The number of hydrogen-bond donors (Lipinski definition) is 0. The largest absolute Gasteiger partial charge is 0.150 e. The van der Waals surface area contributed by atoms with Gasteiger partial charge in [0.05, 0.1) is 6.04 Å². The number of nitroso groups, excluding NO2 is 1. The van der Waals surface area contributed by atoms with Gasteiger partial charge in [-0.2, -0.15) is 4.91 Å². The second-order valence-corrected chi connectivity index (χ2v) is 3.97. The van der Waals surface area contributed by atoms with E-state index in [0.717, 1.165) is 19.3 Å². The lowest BCUT2D eigenvalue weighted by Gasteiger charge is -2.26. The van der Waals surface area contributed by atoms with Crippen LogP contribution in [-0.2, 0) is 0 Å². The molecule has 2 atom stereocenters. The third-order valence-electron chi connectivity index (χ3n) is 3.09. The zero-order valence-electron chi connectivity index (χ0n) is 8.23. The van der Waals surface area contributed by atoms with Gasteiger partial charge in [-0.25, -0.2) is 0 Å². The number of hydrogen-bond acceptors (Lipinski definition) is 2. The van der Waals surface area contributed by atoms with Crippen molar-refractivity contribution in [2.45, 2.75) is 37.6 Å². The van der Waals surface area contributed by atoms with Crippen molar-refractivity contribution in [2.24, 2.45) is 5.18 Å². The summed E-state index contributed by atoms with van der Waals surface area (Å²) in [6.45, 7) is 0. The molecule has 2 unspecified atom stereocenters. The maximum atomic E-state index is 10.7. The van der Waals surface area contributed by atoms with E-state index in [2.05, 4.69) is 17.3 Å². The number of benzene rings is 1. The van der Waals surface area contributed by atoms with Gasteiger partial charge in [-0.05, 0) is 18.4 Å². The molecular formula is C12H15NO. The predicted octanol–water partition coefficient (Wildman–Crippen LogP) is 3.48. The molecule has 2 rings (SSSR count). The Balaban J connectivity index is 2.19. The van der Waals surface area contributed by atoms with Crippen LogP contribution in [0.4, 0.5) is 0 Å². The van der Waals surface area contributed by atoms with E-state index >= 15 is 0 Å². The minimum absolute atomic E-state index is 0.00569. The van der Waals surface area contributed by atoms with Crippen LogP contribution >= 0.6 is 0 Å². The Morgan fingerprint density at radius 1 is 1.07 bits per heavy atom. The first kappa shape index (κ1) is 9.38. The molecule has 0 spiro atoms. The van der Waals surface area contributed by atoms with Crippen molar-refractivity contribution < 1.29 is 0 Å². The van der Waals surface area contributed by atoms with Gasteiger partial charge in [0.15, 0.2) is 0 Å². The van der Waals surface area contributed by atoms with Crippen LogP contribution in [-0.4, -0.2) is 6.04 Å². The van der Waals surface area contributed by atoms with Crippen molar-refractivity contribution in [3.63, 3.8) is 0 Å². The molecule has 1 aromatic carbocycles. The predicted molar refractivity (Wildman–Crippen MR) is 57.2 cm³/mol. The first-order valence-electron chi connectivity index (χ1n) is 5.29. The van der Waals surface area contributed by atoms with E-state index in [4.69, 9.17) is 0 Å². The molecule has 0 radical (unpaired) electrons. The lowest BCUT2D eigenvalue weighted by molar-refractivity contribution is 0.385. The van der Waals surface area contributed by atoms with Gasteiger partial charge in [-0.3, -0.25) is 0 Å². The van der Waals surface area contributed by atoms with Crippen LogP contribution in [0.5, 0.6) is 0 Å². The van der Waals surface area contributed by atoms with Crippen molar-refractivity contribution in [2.75, 3.05) is 0 Å². The average Bonchev–Trinajstić information content (AvgIpc) is 2.30. The van der Waals surface area contributed by atoms with Crippen LogP contribution < -0.4 is 0 Å². The number of nitrogens with zero attached hydrogens (tertiary/aromatic N) is 1. The molecule has 0 N–H and O–H groups in total. The molecule has 1 aliphatic carbocycles. The molecule has 1 aromatic rings. The fourth-order valence-corrected chi connectivity index (χ4v) is 2.33. The Morgan fingerprint density at radius 3 is 2.50 bits per heavy atom. The summed E-state index contributed by atoms with van der Waals surface area (Å²) >= 11 is 0. The van der Waals surface area contributed by atoms with E-state index in [1.54, 1.807) is 0 Å². The summed E-state index contributed by atoms with van der Waals surface area (Å²) in [5.41, 5.74) is 1.27. The lowest BCUT2D eigenvalue weighted by atomic mass is 9.80. The summed E-state index contributed by atoms with van der Waals surface area (Å²) in [5, 5.41) is 3.26. The van der Waals surface area contributed by atoms with Gasteiger partial charge in [0.1, 0.15) is 0 Å². The Kier molecular flexibility index (Phi) is 2.92. The molecule has 0 aromatic heterocycles. The Labute approximate surface area is 84.3 Å². The van der Waals surface area contributed by atoms with E-state index < -0.39 is 0 Å². The maximum Gasteiger partial charge on any atom is 0.0987 e. The molecule has 14 heavy (non-hydrogen) atoms. The molecule has 0 amide bonds. The molecule has 1 aliphatic rings. The zero-order chi connectivity index (χ0) is 9.80. The van der Waals surface area contributed by atoms with E-state index in [-0.39, 0.29) is 6.04 Å². The zero-order valence-corrected chi connectivity index (χ0v) is 8.23. The highest BCUT2D eigenvalue weighted by Crippen LogP contribution is 2.34. The molecule has 74 valence electrons. The van der Waals surface area contributed by atoms with Crippen molar-refractivity contribution in [1.82, 2.24) is 0 Å². The highest BCUT2D eigenvalue weighted by Gasteiger charge is 2.26. The minimum atomic E-state index is 0.00569. The lowest BCUT2D eigenvalue weighted by Crippen LogP contribution is -2.20. The average molecular weight is 189 g/mol. The molecule has 1 fully saturated rings. The molecule has 0 heterocycles. The van der Waals surface area contributed by atoms with Crippen LogP contribution in [0.15, 0.2) is 35.5 Å². The summed E-state index contributed by atoms with van der Waals surface area (Å²) < 4.78 is 0. The molecule has 2 heteroatoms. The minimum Gasteiger partial charge on any atom is -0.150 e. The quantitative estimate of drug-likeness (QED) is 0.655. The van der Waals surface area contributed by atoms with Gasteiger partial charge >= 0.3 is 0 Å². The number of rotatable bonds is 2. The van der Waals surface area contributed by atoms with Gasteiger partial charge in [-0.15, -0.1) is 0 Å². The first-order valence-corrected chi connectivity index (χ1v) is 5.29. The molecule has 2 nitrogen and oxygen atoms in total. The first-order chi connectivity index (χ1) is 6.92. The topological polar surface area (TPSA) is 29.4 Å². The van der Waals surface area contributed by atoms with E-state index in [1.807, 2.05) is 18.2 Å². The summed E-state index contributed by atoms with van der Waals surface area (Å²) in [6, 6.07) is 10.3. The Morgan fingerprint density at radius 2 is 1.79 bits per heavy atom. The van der Waals surface area contributed by atoms with E-state index in [1.165, 1.54) is 12.0 Å². The molecular weight excluding hydrogens is 174 g/mol. The van der Waals surface area contributed by atoms with Crippen LogP contribution in [0.1, 0.15) is 37.2 Å². The van der Waals surface area contributed by atoms with Gasteiger partial charge in [0.2, 0.25) is 0 Å². The normalized spacial score (nSPS) is 27.1. The van der Waals surface area contributed by atoms with Crippen molar-refractivity contribution >= 4 is 0 Å². The fourth-order valence-electron chi connectivity index (χ4n) is 2.33. The highest BCUT2D eigenvalue weighted by atomic mass is 16.3. The summed E-state index contributed by atoms with van der Waals surface area (Å²) in [7, 11) is 0. The molecule has 0 saturated heterocycles. The van der Waals surface area contributed by atoms with Gasteiger partial charge < -0.3 is 0 Å². The third kappa shape index (κ3) is 1.84. The summed E-state index contributed by atoms with van der Waals surface area (Å²) in [6.07, 6.45) is 4.45. The van der Waals surface area contributed by atoms with Crippen LogP contribution in [0.2, 0.25) is 0 Å². The van der Waals surface area contributed by atoms with E-state index in [9.17, 15) is 4.91 Å². The van der Waals surface area contributed by atoms with Crippen LogP contribution in [0.25, 0.3) is 0 Å². The fraction of sp³-hybridized carbons (Fsp3) is 0.500. The second kappa shape index (κ2) is 4.36. The molecule has 0 aliphatic heterocycles. The second-order valence-electron chi connectivity index (χ2n) is 3.97. The monoisotopic (exact) mass is 189 g/mol. The van der Waals surface area contributed by atoms with E-state index in [0.29, 0.717) is 5.92 Å². The highest BCUT2D eigenvalue weighted by molar-refractivity contribution is 5.21. The Hall–Kier alpha value is -1.18. The standard InChI is InChI=1S/C12H15NO/c14-13-12-9-5-4-8-11(12)10-6-2-1-3-7-10/h1-3,6-7,11-12H,4-5,8-9H2. The van der Waals surface area contributed by atoms with Crippen molar-refractivity contribution in [3.05, 3.63) is 40.8 Å². The Bertz CT molecular complexity index is 296. The molecule has 1 saturated carbocycles. The maximum absolute atomic E-state index is 10.7. The van der Waals surface area contributed by atoms with Crippen LogP contribution in [0.3, 0.4) is 0 Å². The van der Waals surface area contributed by atoms with Gasteiger partial charge in [-0.1, -0.05) is 48.4 Å². The summed E-state index contributed by atoms with van der Waals surface area (Å²) in [4.78, 5) is 10.7. The third-order valence-corrected chi connectivity index (χ3v) is 3.09. The smallest absolute Gasteiger partial charge is 0.0987 e.